The number of aromatic nitrogens is 2. The molecule has 0 aliphatic rings. The van der Waals surface area contributed by atoms with Gasteiger partial charge in [0.05, 0.1) is 68.4 Å². The van der Waals surface area contributed by atoms with Gasteiger partial charge in [-0.1, -0.05) is 48.5 Å². The summed E-state index contributed by atoms with van der Waals surface area (Å²) in [6, 6.07) is 31.9. The molecule has 3 aromatic carbocycles. The van der Waals surface area contributed by atoms with E-state index in [0.29, 0.717) is 0 Å². The van der Waals surface area contributed by atoms with Crippen molar-refractivity contribution in [3.63, 3.8) is 0 Å². The van der Waals surface area contributed by atoms with Gasteiger partial charge in [0.2, 0.25) is 0 Å². The molecule has 2 heterocycles. The average molecular weight is 858 g/mol. The van der Waals surface area contributed by atoms with Gasteiger partial charge in [0.25, 0.3) is 0 Å². The SMILES string of the molecule is CC(=Nc1ccccc1)c1cccc(C(C)=Nc2c(C)c(C)c(N=C(C)c3cccc(C(C)=Nc4ccccc4)n3)c(C)c2C)n1.[Cl][Fe][Cl].[Cl][Fe][Cl]. The summed E-state index contributed by atoms with van der Waals surface area (Å²) in [5.74, 6) is 0. The van der Waals surface area contributed by atoms with Gasteiger partial charge in [-0.25, -0.2) is 9.97 Å². The minimum absolute atomic E-state index is 0.194. The van der Waals surface area contributed by atoms with E-state index in [4.69, 9.17) is 70.3 Å². The molecule has 0 N–H and O–H groups in total. The first-order valence-electron chi connectivity index (χ1n) is 16.0. The number of aliphatic imine (C=N–C) groups is 4. The predicted octanol–water partition coefficient (Wildman–Crippen LogP) is 13.0. The van der Waals surface area contributed by atoms with Crippen molar-refractivity contribution in [1.29, 1.82) is 0 Å². The number of nitrogens with zero attached hydrogens (tertiary/aromatic N) is 6. The van der Waals surface area contributed by atoms with Crippen molar-refractivity contribution in [3.05, 3.63) is 142 Å². The van der Waals surface area contributed by atoms with Gasteiger partial charge in [0.1, 0.15) is 0 Å². The summed E-state index contributed by atoms with van der Waals surface area (Å²) in [6.45, 7) is 16.5. The summed E-state index contributed by atoms with van der Waals surface area (Å²) in [6.07, 6.45) is 0. The molecule has 52 heavy (non-hydrogen) atoms. The molecule has 5 aromatic rings. The minimum atomic E-state index is 0.194. The predicted molar refractivity (Wildman–Crippen MR) is 218 cm³/mol. The van der Waals surface area contributed by atoms with E-state index >= 15 is 0 Å². The standard InChI is InChI=1S/C40H40N6.4ClH.2Fe/c1-25-26(2)40(44-32(8)38-24-16-22-36(46-38)30(6)42-34-19-13-10-14-20-34)28(4)27(3)39(25)43-31(7)37-23-15-21-35(45-37)29(5)41-33-17-11-9-12-18-33;;;;;;/h9-24H,1-8H3;4*1H;;/q;;;;;2*+2/p-4. The van der Waals surface area contributed by atoms with Crippen molar-refractivity contribution in [2.45, 2.75) is 55.4 Å². The first-order valence-corrected chi connectivity index (χ1v) is 22.1. The zero-order valence-corrected chi connectivity index (χ0v) is 35.4. The van der Waals surface area contributed by atoms with E-state index in [-0.39, 0.29) is 26.3 Å². The normalized spacial score (nSPS) is 12.2. The number of rotatable bonds is 8. The molecule has 0 saturated carbocycles. The van der Waals surface area contributed by atoms with Crippen LogP contribution < -0.4 is 0 Å². The number of hydrogen-bond donors (Lipinski definition) is 0. The van der Waals surface area contributed by atoms with Crippen molar-refractivity contribution >= 4 is 86.0 Å². The van der Waals surface area contributed by atoms with Crippen LogP contribution in [0.2, 0.25) is 0 Å². The van der Waals surface area contributed by atoms with Crippen LogP contribution in [0.4, 0.5) is 22.7 Å². The van der Waals surface area contributed by atoms with Gasteiger partial charge in [0, 0.05) is 0 Å². The zero-order valence-electron chi connectivity index (χ0n) is 30.1. The monoisotopic (exact) mass is 856 g/mol. The summed E-state index contributed by atoms with van der Waals surface area (Å²) in [5.41, 5.74) is 14.8. The van der Waals surface area contributed by atoms with Crippen LogP contribution in [0.1, 0.15) is 72.7 Å². The van der Waals surface area contributed by atoms with Crippen molar-refractivity contribution in [1.82, 2.24) is 9.97 Å². The Bertz CT molecular complexity index is 1890. The summed E-state index contributed by atoms with van der Waals surface area (Å²) >= 11 is 0.389. The van der Waals surface area contributed by atoms with Crippen LogP contribution in [-0.2, 0) is 26.3 Å². The van der Waals surface area contributed by atoms with Crippen molar-refractivity contribution in [2.75, 3.05) is 0 Å². The van der Waals surface area contributed by atoms with Crippen LogP contribution in [0.25, 0.3) is 0 Å². The third-order valence-electron chi connectivity index (χ3n) is 8.19. The zero-order chi connectivity index (χ0) is 38.2. The summed E-state index contributed by atoms with van der Waals surface area (Å²) in [5, 5.41) is 0. The molecule has 274 valence electrons. The number of halogens is 4. The van der Waals surface area contributed by atoms with Gasteiger partial charge in [0.15, 0.2) is 0 Å². The van der Waals surface area contributed by atoms with Crippen LogP contribution in [0.15, 0.2) is 117 Å². The molecule has 0 aliphatic heterocycles. The molecule has 12 heteroatoms. The Morgan fingerprint density at radius 3 is 0.923 bits per heavy atom. The molecule has 6 nitrogen and oxygen atoms in total. The van der Waals surface area contributed by atoms with E-state index < -0.39 is 0 Å². The van der Waals surface area contributed by atoms with E-state index in [0.717, 1.165) is 90.6 Å². The molecule has 0 atom stereocenters. The number of pyridine rings is 2. The molecular formula is C40H40Cl4Fe2N6. The third kappa shape index (κ3) is 12.5. The fraction of sp³-hybridized carbons (Fsp3) is 0.200. The summed E-state index contributed by atoms with van der Waals surface area (Å²) in [4.78, 5) is 29.5. The Labute approximate surface area is 337 Å². The fourth-order valence-electron chi connectivity index (χ4n) is 5.24. The third-order valence-corrected chi connectivity index (χ3v) is 8.19. The Morgan fingerprint density at radius 2 is 0.654 bits per heavy atom. The first-order chi connectivity index (χ1) is 24.9. The van der Waals surface area contributed by atoms with Gasteiger partial charge < -0.3 is 0 Å². The molecule has 0 bridgehead atoms. The van der Waals surface area contributed by atoms with Crippen LogP contribution >= 0.6 is 40.4 Å². The summed E-state index contributed by atoms with van der Waals surface area (Å²) in [7, 11) is 19.1. The molecule has 5 rings (SSSR count). The number of para-hydroxylation sites is 2. The van der Waals surface area contributed by atoms with Gasteiger partial charge >= 0.3 is 66.7 Å². The van der Waals surface area contributed by atoms with Crippen molar-refractivity contribution < 1.29 is 26.3 Å². The molecule has 0 fully saturated rings. The van der Waals surface area contributed by atoms with Crippen LogP contribution in [0.5, 0.6) is 0 Å². The molecule has 0 unspecified atom stereocenters. The van der Waals surface area contributed by atoms with Crippen LogP contribution in [0, 0.1) is 27.7 Å². The van der Waals surface area contributed by atoms with Gasteiger partial charge in [-0.2, -0.15) is 0 Å². The Balaban J connectivity index is 0.00000114. The van der Waals surface area contributed by atoms with Gasteiger partial charge in [-0.05, 0) is 126 Å². The fourth-order valence-corrected chi connectivity index (χ4v) is 5.24. The van der Waals surface area contributed by atoms with Gasteiger partial charge in [-0.15, -0.1) is 0 Å². The Hall–Kier alpha value is -3.16. The second kappa shape index (κ2) is 22.1. The number of hydrogen-bond acceptors (Lipinski definition) is 6. The van der Waals surface area contributed by atoms with E-state index in [1.165, 1.54) is 0 Å². The maximum atomic E-state index is 5.12. The second-order valence-electron chi connectivity index (χ2n) is 11.6. The first kappa shape index (κ1) is 43.2. The van der Waals surface area contributed by atoms with Gasteiger partial charge in [-0.3, -0.25) is 20.0 Å². The molecule has 0 radical (unpaired) electrons. The molecule has 0 spiro atoms. The number of benzene rings is 3. The molecule has 0 amide bonds. The topological polar surface area (TPSA) is 75.2 Å². The van der Waals surface area contributed by atoms with Crippen LogP contribution in [0.3, 0.4) is 0 Å². The quantitative estimate of drug-likeness (QED) is 0.115. The molecule has 0 saturated heterocycles. The maximum absolute atomic E-state index is 5.12. The van der Waals surface area contributed by atoms with Crippen molar-refractivity contribution in [3.8, 4) is 0 Å². The average Bonchev–Trinajstić information content (AvgIpc) is 3.15. The van der Waals surface area contributed by atoms with Crippen molar-refractivity contribution in [2.24, 2.45) is 20.0 Å². The van der Waals surface area contributed by atoms with E-state index in [1.54, 1.807) is 0 Å². The Morgan fingerprint density at radius 1 is 0.404 bits per heavy atom. The van der Waals surface area contributed by atoms with E-state index in [9.17, 15) is 0 Å². The molecule has 0 aliphatic carbocycles. The van der Waals surface area contributed by atoms with Crippen LogP contribution in [-0.4, -0.2) is 32.8 Å². The van der Waals surface area contributed by atoms with E-state index in [1.807, 2.05) is 125 Å². The Kier molecular flexibility index (Phi) is 18.4. The van der Waals surface area contributed by atoms with E-state index in [2.05, 4.69) is 27.7 Å². The summed E-state index contributed by atoms with van der Waals surface area (Å²) < 4.78 is 0. The second-order valence-corrected chi connectivity index (χ2v) is 15.2. The molecule has 2 aromatic heterocycles. The molecular weight excluding hydrogens is 818 g/mol.